The van der Waals surface area contributed by atoms with E-state index >= 15 is 0 Å². The van der Waals surface area contributed by atoms with Gasteiger partial charge >= 0.3 is 0 Å². The fraction of sp³-hybridized carbons (Fsp3) is 0.207. The summed E-state index contributed by atoms with van der Waals surface area (Å²) < 4.78 is 1.72. The summed E-state index contributed by atoms with van der Waals surface area (Å²) in [4.78, 5) is 28.1. The van der Waals surface area contributed by atoms with E-state index in [-0.39, 0.29) is 24.3 Å². The summed E-state index contributed by atoms with van der Waals surface area (Å²) in [6.45, 7) is 6.41. The second-order valence-corrected chi connectivity index (χ2v) is 8.97. The van der Waals surface area contributed by atoms with E-state index in [1.807, 2.05) is 106 Å². The Balaban J connectivity index is 1.61. The van der Waals surface area contributed by atoms with E-state index in [0.29, 0.717) is 17.9 Å². The number of hydrogen-bond donors (Lipinski definition) is 1. The molecule has 6 nitrogen and oxygen atoms in total. The van der Waals surface area contributed by atoms with Gasteiger partial charge in [0.15, 0.2) is 0 Å². The number of hydrogen-bond acceptors (Lipinski definition) is 3. The summed E-state index contributed by atoms with van der Waals surface area (Å²) in [6.07, 6.45) is 0. The molecule has 0 saturated carbocycles. The van der Waals surface area contributed by atoms with Gasteiger partial charge in [-0.3, -0.25) is 9.59 Å². The first kappa shape index (κ1) is 24.0. The fourth-order valence-electron chi connectivity index (χ4n) is 3.99. The number of amides is 2. The molecule has 0 bridgehead atoms. The first-order valence-corrected chi connectivity index (χ1v) is 11.8. The molecule has 178 valence electrons. The molecule has 0 radical (unpaired) electrons. The summed E-state index contributed by atoms with van der Waals surface area (Å²) in [7, 11) is 0. The van der Waals surface area contributed by atoms with Gasteiger partial charge in [-0.05, 0) is 36.6 Å². The van der Waals surface area contributed by atoms with E-state index in [1.165, 1.54) is 0 Å². The number of anilines is 1. The van der Waals surface area contributed by atoms with Gasteiger partial charge in [0.05, 0.1) is 11.4 Å². The molecule has 1 heterocycles. The van der Waals surface area contributed by atoms with E-state index in [4.69, 9.17) is 5.10 Å². The monoisotopic (exact) mass is 466 g/mol. The summed E-state index contributed by atoms with van der Waals surface area (Å²) >= 11 is 0. The smallest absolute Gasteiger partial charge is 0.254 e. The van der Waals surface area contributed by atoms with Crippen LogP contribution < -0.4 is 5.32 Å². The van der Waals surface area contributed by atoms with Crippen molar-refractivity contribution in [2.24, 2.45) is 5.92 Å². The lowest BCUT2D eigenvalue weighted by atomic mass is 10.1. The van der Waals surface area contributed by atoms with Crippen LogP contribution in [-0.2, 0) is 4.79 Å². The molecule has 0 saturated heterocycles. The molecule has 0 fully saturated rings. The molecular formula is C29H30N4O2. The van der Waals surface area contributed by atoms with Crippen molar-refractivity contribution < 1.29 is 9.59 Å². The minimum atomic E-state index is -0.274. The van der Waals surface area contributed by atoms with Gasteiger partial charge < -0.3 is 10.2 Å². The Labute approximate surface area is 206 Å². The number of aromatic nitrogens is 2. The van der Waals surface area contributed by atoms with Gasteiger partial charge in [0, 0.05) is 23.7 Å². The minimum Gasteiger partial charge on any atom is -0.329 e. The Bertz CT molecular complexity index is 1300. The molecule has 0 aliphatic rings. The summed E-state index contributed by atoms with van der Waals surface area (Å²) in [6, 6.07) is 28.8. The number of benzene rings is 3. The molecule has 1 aromatic heterocycles. The van der Waals surface area contributed by atoms with Crippen LogP contribution in [0.25, 0.3) is 16.9 Å². The van der Waals surface area contributed by atoms with Crippen LogP contribution in [0.5, 0.6) is 0 Å². The lowest BCUT2D eigenvalue weighted by Gasteiger charge is -2.25. The van der Waals surface area contributed by atoms with Crippen LogP contribution in [0.3, 0.4) is 0 Å². The normalized spacial score (nSPS) is 10.9. The van der Waals surface area contributed by atoms with Crippen molar-refractivity contribution in [2.45, 2.75) is 20.8 Å². The van der Waals surface area contributed by atoms with Crippen LogP contribution in [0, 0.1) is 12.8 Å². The van der Waals surface area contributed by atoms with Crippen LogP contribution in [0.4, 0.5) is 5.82 Å². The van der Waals surface area contributed by atoms with Crippen LogP contribution in [0.1, 0.15) is 29.8 Å². The number of carbonyl (C=O) groups is 2. The summed E-state index contributed by atoms with van der Waals surface area (Å²) in [5.41, 5.74) is 4.04. The second-order valence-electron chi connectivity index (χ2n) is 8.97. The maximum absolute atomic E-state index is 13.3. The Morgan fingerprint density at radius 3 is 2.20 bits per heavy atom. The molecule has 1 N–H and O–H groups in total. The third kappa shape index (κ3) is 5.84. The number of carbonyl (C=O) groups excluding carboxylic acids is 2. The molecule has 6 heteroatoms. The van der Waals surface area contributed by atoms with Gasteiger partial charge in [-0.25, -0.2) is 4.68 Å². The third-order valence-corrected chi connectivity index (χ3v) is 5.63. The zero-order valence-corrected chi connectivity index (χ0v) is 20.3. The van der Waals surface area contributed by atoms with Crippen molar-refractivity contribution in [2.75, 3.05) is 18.4 Å². The van der Waals surface area contributed by atoms with Gasteiger partial charge in [-0.2, -0.15) is 5.10 Å². The molecule has 2 amide bonds. The third-order valence-electron chi connectivity index (χ3n) is 5.63. The second kappa shape index (κ2) is 10.8. The molecular weight excluding hydrogens is 436 g/mol. The van der Waals surface area contributed by atoms with Crippen LogP contribution in [0.15, 0.2) is 91.0 Å². The fourth-order valence-corrected chi connectivity index (χ4v) is 3.99. The number of nitrogens with zero attached hydrogens (tertiary/aromatic N) is 3. The lowest BCUT2D eigenvalue weighted by molar-refractivity contribution is -0.117. The lowest BCUT2D eigenvalue weighted by Crippen LogP contribution is -2.40. The molecule has 0 spiro atoms. The highest BCUT2D eigenvalue weighted by atomic mass is 16.2. The number of aryl methyl sites for hydroxylation is 1. The highest BCUT2D eigenvalue weighted by Gasteiger charge is 2.22. The predicted molar refractivity (Wildman–Crippen MR) is 140 cm³/mol. The topological polar surface area (TPSA) is 67.2 Å². The SMILES string of the molecule is Cc1ccccc1C(=O)N(CC(=O)Nc1cc(-c2ccccc2)nn1-c1ccccc1)CC(C)C. The molecule has 4 rings (SSSR count). The molecule has 35 heavy (non-hydrogen) atoms. The Hall–Kier alpha value is -4.19. The van der Waals surface area contributed by atoms with E-state index in [0.717, 1.165) is 22.5 Å². The highest BCUT2D eigenvalue weighted by molar-refractivity contribution is 6.00. The van der Waals surface area contributed by atoms with E-state index < -0.39 is 0 Å². The zero-order valence-electron chi connectivity index (χ0n) is 20.3. The first-order valence-electron chi connectivity index (χ1n) is 11.8. The highest BCUT2D eigenvalue weighted by Crippen LogP contribution is 2.25. The Kier molecular flexibility index (Phi) is 7.41. The summed E-state index contributed by atoms with van der Waals surface area (Å²) in [5, 5.41) is 7.74. The predicted octanol–water partition coefficient (Wildman–Crippen LogP) is 5.58. The van der Waals surface area contributed by atoms with Crippen molar-refractivity contribution in [3.8, 4) is 16.9 Å². The van der Waals surface area contributed by atoms with E-state index in [9.17, 15) is 9.59 Å². The maximum atomic E-state index is 13.3. The Morgan fingerprint density at radius 2 is 1.54 bits per heavy atom. The van der Waals surface area contributed by atoms with Gasteiger partial charge in [-0.15, -0.1) is 0 Å². The maximum Gasteiger partial charge on any atom is 0.254 e. The molecule has 0 aliphatic heterocycles. The standard InChI is InChI=1S/C29H30N4O2/c1-21(2)19-32(29(35)25-17-11-10-12-22(25)3)20-28(34)30-27-18-26(23-13-6-4-7-14-23)31-33(27)24-15-8-5-9-16-24/h4-18,21H,19-20H2,1-3H3,(H,30,34). The first-order chi connectivity index (χ1) is 16.9. The van der Waals surface area contributed by atoms with E-state index in [2.05, 4.69) is 5.32 Å². The van der Waals surface area contributed by atoms with Crippen molar-refractivity contribution in [1.82, 2.24) is 14.7 Å². The van der Waals surface area contributed by atoms with Crippen molar-refractivity contribution in [3.63, 3.8) is 0 Å². The summed E-state index contributed by atoms with van der Waals surface area (Å²) in [5.74, 6) is 0.348. The van der Waals surface area contributed by atoms with E-state index in [1.54, 1.807) is 15.6 Å². The zero-order chi connectivity index (χ0) is 24.8. The number of para-hydroxylation sites is 1. The molecule has 0 aliphatic carbocycles. The molecule has 0 unspecified atom stereocenters. The average molecular weight is 467 g/mol. The quantitative estimate of drug-likeness (QED) is 0.368. The van der Waals surface area contributed by atoms with Crippen LogP contribution in [-0.4, -0.2) is 39.6 Å². The van der Waals surface area contributed by atoms with Gasteiger partial charge in [0.25, 0.3) is 5.91 Å². The van der Waals surface area contributed by atoms with Crippen molar-refractivity contribution in [3.05, 3.63) is 102 Å². The number of rotatable bonds is 8. The van der Waals surface area contributed by atoms with Crippen molar-refractivity contribution >= 4 is 17.6 Å². The van der Waals surface area contributed by atoms with Crippen molar-refractivity contribution in [1.29, 1.82) is 0 Å². The van der Waals surface area contributed by atoms with Crippen LogP contribution >= 0.6 is 0 Å². The van der Waals surface area contributed by atoms with Crippen LogP contribution in [0.2, 0.25) is 0 Å². The minimum absolute atomic E-state index is 0.0496. The average Bonchev–Trinajstić information content (AvgIpc) is 3.28. The largest absolute Gasteiger partial charge is 0.329 e. The molecule has 0 atom stereocenters. The van der Waals surface area contributed by atoms with Gasteiger partial charge in [0.2, 0.25) is 5.91 Å². The van der Waals surface area contributed by atoms with Gasteiger partial charge in [-0.1, -0.05) is 80.6 Å². The van der Waals surface area contributed by atoms with Gasteiger partial charge in [0.1, 0.15) is 12.4 Å². The molecule has 3 aromatic carbocycles. The number of nitrogens with one attached hydrogen (secondary N) is 1. The Morgan fingerprint density at radius 1 is 0.914 bits per heavy atom. The molecule has 4 aromatic rings.